The summed E-state index contributed by atoms with van der Waals surface area (Å²) >= 11 is 0. The van der Waals surface area contributed by atoms with E-state index in [-0.39, 0.29) is 0 Å². The molecule has 0 aliphatic carbocycles. The molecule has 3 rings (SSSR count). The molecule has 1 saturated heterocycles. The molecule has 2 heterocycles. The zero-order chi connectivity index (χ0) is 17.2. The zero-order valence-corrected chi connectivity index (χ0v) is 14.7. The Hall–Kier alpha value is -1.96. The molecule has 0 bridgehead atoms. The average Bonchev–Trinajstić information content (AvgIpc) is 2.59. The number of rotatable bonds is 3. The van der Waals surface area contributed by atoms with Gasteiger partial charge in [0.2, 0.25) is 10.0 Å². The van der Waals surface area contributed by atoms with E-state index in [0.29, 0.717) is 36.9 Å². The SMILES string of the molecule is Cc1ccc(N=c2ccccn2C)cc1S(=O)(=O)N1CCOCC1. The standard InChI is InChI=1S/C17H21N3O3S/c1-14-6-7-15(18-17-5-3-4-8-19(17)2)13-16(14)24(21,22)20-9-11-23-12-10-20/h3-8,13H,9-12H2,1-2H3. The number of morpholine rings is 1. The Morgan fingerprint density at radius 3 is 2.58 bits per heavy atom. The van der Waals surface area contributed by atoms with Crippen molar-refractivity contribution < 1.29 is 13.2 Å². The van der Waals surface area contributed by atoms with Gasteiger partial charge >= 0.3 is 0 Å². The van der Waals surface area contributed by atoms with Crippen molar-refractivity contribution in [2.75, 3.05) is 26.3 Å². The number of sulfonamides is 1. The Bertz CT molecular complexity index is 897. The largest absolute Gasteiger partial charge is 0.379 e. The summed E-state index contributed by atoms with van der Waals surface area (Å²) in [5, 5.41) is 0. The summed E-state index contributed by atoms with van der Waals surface area (Å²) in [5.74, 6) is 0. The van der Waals surface area contributed by atoms with Crippen LogP contribution >= 0.6 is 0 Å². The topological polar surface area (TPSA) is 63.9 Å². The van der Waals surface area contributed by atoms with Crippen molar-refractivity contribution in [3.05, 3.63) is 53.6 Å². The average molecular weight is 347 g/mol. The molecule has 0 saturated carbocycles. The number of benzene rings is 1. The molecule has 128 valence electrons. The lowest BCUT2D eigenvalue weighted by atomic mass is 10.2. The number of aromatic nitrogens is 1. The maximum absolute atomic E-state index is 12.9. The van der Waals surface area contributed by atoms with Crippen LogP contribution in [0.4, 0.5) is 5.69 Å². The molecule has 1 aromatic carbocycles. The van der Waals surface area contributed by atoms with Gasteiger partial charge in [0.1, 0.15) is 5.49 Å². The zero-order valence-electron chi connectivity index (χ0n) is 13.8. The number of aryl methyl sites for hydroxylation is 2. The summed E-state index contributed by atoms with van der Waals surface area (Å²) in [5.41, 5.74) is 2.10. The molecule has 1 aromatic heterocycles. The van der Waals surface area contributed by atoms with E-state index in [4.69, 9.17) is 4.74 Å². The van der Waals surface area contributed by atoms with E-state index >= 15 is 0 Å². The van der Waals surface area contributed by atoms with Gasteiger partial charge in [-0.3, -0.25) is 0 Å². The minimum Gasteiger partial charge on any atom is -0.379 e. The van der Waals surface area contributed by atoms with Crippen molar-refractivity contribution >= 4 is 15.7 Å². The summed E-state index contributed by atoms with van der Waals surface area (Å²) in [7, 11) is -1.63. The predicted molar refractivity (Wildman–Crippen MR) is 91.4 cm³/mol. The van der Waals surface area contributed by atoms with E-state index in [9.17, 15) is 8.42 Å². The van der Waals surface area contributed by atoms with Gasteiger partial charge in [-0.2, -0.15) is 4.31 Å². The number of hydrogen-bond donors (Lipinski definition) is 0. The quantitative estimate of drug-likeness (QED) is 0.847. The van der Waals surface area contributed by atoms with Gasteiger partial charge in [-0.1, -0.05) is 12.1 Å². The monoisotopic (exact) mass is 347 g/mol. The molecule has 0 N–H and O–H groups in total. The van der Waals surface area contributed by atoms with Crippen LogP contribution < -0.4 is 5.49 Å². The second-order valence-corrected chi connectivity index (χ2v) is 7.65. The third-order valence-electron chi connectivity index (χ3n) is 4.03. The molecule has 0 spiro atoms. The van der Waals surface area contributed by atoms with E-state index in [1.165, 1.54) is 4.31 Å². The highest BCUT2D eigenvalue weighted by Gasteiger charge is 2.27. The molecule has 6 nitrogen and oxygen atoms in total. The fraction of sp³-hybridized carbons (Fsp3) is 0.353. The maximum atomic E-state index is 12.9. The lowest BCUT2D eigenvalue weighted by molar-refractivity contribution is 0.0730. The second-order valence-electron chi connectivity index (χ2n) is 5.75. The van der Waals surface area contributed by atoms with Gasteiger partial charge in [-0.25, -0.2) is 13.4 Å². The molecule has 0 unspecified atom stereocenters. The Morgan fingerprint density at radius 1 is 1.12 bits per heavy atom. The van der Waals surface area contributed by atoms with Gasteiger partial charge in [-0.15, -0.1) is 0 Å². The lowest BCUT2D eigenvalue weighted by Gasteiger charge is -2.26. The van der Waals surface area contributed by atoms with Gasteiger partial charge in [0, 0.05) is 26.3 Å². The van der Waals surface area contributed by atoms with Crippen LogP contribution in [0.3, 0.4) is 0 Å². The van der Waals surface area contributed by atoms with Crippen molar-refractivity contribution in [2.24, 2.45) is 12.0 Å². The first kappa shape index (κ1) is 16.9. The molecule has 0 atom stereocenters. The minimum absolute atomic E-state index is 0.309. The molecule has 0 amide bonds. The molecule has 7 heteroatoms. The Labute approximate surface area is 142 Å². The molecule has 2 aromatic rings. The highest BCUT2D eigenvalue weighted by atomic mass is 32.2. The van der Waals surface area contributed by atoms with Crippen molar-refractivity contribution in [3.63, 3.8) is 0 Å². The number of ether oxygens (including phenoxy) is 1. The normalized spacial score (nSPS) is 17.2. The van der Waals surface area contributed by atoms with Crippen LogP contribution in [0.5, 0.6) is 0 Å². The Balaban J connectivity index is 2.04. The molecule has 0 radical (unpaired) electrons. The third kappa shape index (κ3) is 3.43. The van der Waals surface area contributed by atoms with Crippen molar-refractivity contribution in [1.29, 1.82) is 0 Å². The second kappa shape index (κ2) is 6.88. The van der Waals surface area contributed by atoms with E-state index in [1.807, 2.05) is 42.1 Å². The van der Waals surface area contributed by atoms with Crippen LogP contribution in [-0.4, -0.2) is 43.6 Å². The van der Waals surface area contributed by atoms with E-state index in [2.05, 4.69) is 4.99 Å². The highest BCUT2D eigenvalue weighted by molar-refractivity contribution is 7.89. The van der Waals surface area contributed by atoms with Crippen LogP contribution in [0, 0.1) is 6.92 Å². The van der Waals surface area contributed by atoms with Gasteiger partial charge in [0.25, 0.3) is 0 Å². The van der Waals surface area contributed by atoms with Gasteiger partial charge in [-0.05, 0) is 36.8 Å². The van der Waals surface area contributed by atoms with Crippen LogP contribution in [0.15, 0.2) is 52.5 Å². The van der Waals surface area contributed by atoms with E-state index in [0.717, 1.165) is 11.1 Å². The van der Waals surface area contributed by atoms with Crippen LogP contribution in [0.25, 0.3) is 0 Å². The fourth-order valence-electron chi connectivity index (χ4n) is 2.63. The van der Waals surface area contributed by atoms with Gasteiger partial charge in [0.15, 0.2) is 0 Å². The summed E-state index contributed by atoms with van der Waals surface area (Å²) in [6.07, 6.45) is 1.90. The molecular formula is C17H21N3O3S. The summed E-state index contributed by atoms with van der Waals surface area (Å²) in [4.78, 5) is 4.87. The minimum atomic E-state index is -3.53. The Kier molecular flexibility index (Phi) is 4.84. The lowest BCUT2D eigenvalue weighted by Crippen LogP contribution is -2.40. The van der Waals surface area contributed by atoms with Gasteiger partial charge < -0.3 is 9.30 Å². The highest BCUT2D eigenvalue weighted by Crippen LogP contribution is 2.25. The van der Waals surface area contributed by atoms with E-state index < -0.39 is 10.0 Å². The summed E-state index contributed by atoms with van der Waals surface area (Å²) < 4.78 is 34.4. The molecule has 1 aliphatic rings. The molecular weight excluding hydrogens is 326 g/mol. The van der Waals surface area contributed by atoms with Crippen LogP contribution in [0.1, 0.15) is 5.56 Å². The summed E-state index contributed by atoms with van der Waals surface area (Å²) in [6.45, 7) is 3.44. The predicted octanol–water partition coefficient (Wildman–Crippen LogP) is 1.59. The van der Waals surface area contributed by atoms with Crippen LogP contribution in [-0.2, 0) is 21.8 Å². The first-order chi connectivity index (χ1) is 11.5. The number of hydrogen-bond acceptors (Lipinski definition) is 4. The first-order valence-corrected chi connectivity index (χ1v) is 9.27. The van der Waals surface area contributed by atoms with E-state index in [1.54, 1.807) is 19.1 Å². The third-order valence-corrected chi connectivity index (χ3v) is 6.07. The van der Waals surface area contributed by atoms with Gasteiger partial charge in [0.05, 0.1) is 23.8 Å². The number of nitrogens with zero attached hydrogens (tertiary/aromatic N) is 3. The van der Waals surface area contributed by atoms with Crippen molar-refractivity contribution in [2.45, 2.75) is 11.8 Å². The Morgan fingerprint density at radius 2 is 1.88 bits per heavy atom. The molecule has 1 fully saturated rings. The molecule has 1 aliphatic heterocycles. The van der Waals surface area contributed by atoms with Crippen LogP contribution in [0.2, 0.25) is 0 Å². The maximum Gasteiger partial charge on any atom is 0.243 e. The smallest absolute Gasteiger partial charge is 0.243 e. The number of pyridine rings is 1. The first-order valence-electron chi connectivity index (χ1n) is 7.83. The fourth-order valence-corrected chi connectivity index (χ4v) is 4.28. The summed E-state index contributed by atoms with van der Waals surface area (Å²) in [6, 6.07) is 11.0. The molecule has 24 heavy (non-hydrogen) atoms. The van der Waals surface area contributed by atoms with Crippen molar-refractivity contribution in [3.8, 4) is 0 Å². The van der Waals surface area contributed by atoms with Crippen molar-refractivity contribution in [1.82, 2.24) is 8.87 Å².